The number of benzene rings is 2. The number of carbonyl (C=O) groups excluding carboxylic acids is 1. The summed E-state index contributed by atoms with van der Waals surface area (Å²) < 4.78 is 43.5. The number of pyridine rings is 1. The van der Waals surface area contributed by atoms with Crippen molar-refractivity contribution in [2.75, 3.05) is 43.9 Å². The summed E-state index contributed by atoms with van der Waals surface area (Å²) in [6.45, 7) is 3.98. The highest BCUT2D eigenvalue weighted by Gasteiger charge is 2.33. The molecule has 0 bridgehead atoms. The van der Waals surface area contributed by atoms with Crippen LogP contribution in [-0.4, -0.2) is 69.1 Å². The second-order valence-electron chi connectivity index (χ2n) is 11.1. The number of nitrogens with one attached hydrogen (secondary N) is 3. The maximum Gasteiger partial charge on any atom is 0.244 e. The molecule has 3 aromatic rings. The number of piperidine rings is 1. The van der Waals surface area contributed by atoms with Crippen LogP contribution >= 0.6 is 0 Å². The number of alkyl halides is 1. The minimum Gasteiger partial charge on any atom is -0.399 e. The number of carbonyl (C=O) groups is 1. The molecule has 232 valence electrons. The summed E-state index contributed by atoms with van der Waals surface area (Å²) in [6.07, 6.45) is 5.57. The lowest BCUT2D eigenvalue weighted by Gasteiger charge is -2.34. The third-order valence-electron chi connectivity index (χ3n) is 7.86. The van der Waals surface area contributed by atoms with E-state index in [1.807, 2.05) is 37.3 Å². The van der Waals surface area contributed by atoms with Crippen LogP contribution in [0.3, 0.4) is 0 Å². The first-order valence-corrected chi connectivity index (χ1v) is 16.4. The number of amides is 1. The van der Waals surface area contributed by atoms with E-state index in [1.165, 1.54) is 6.20 Å². The van der Waals surface area contributed by atoms with Crippen molar-refractivity contribution in [3.8, 4) is 0 Å². The van der Waals surface area contributed by atoms with Gasteiger partial charge in [-0.15, -0.1) is 0 Å². The van der Waals surface area contributed by atoms with Crippen LogP contribution in [-0.2, 0) is 27.7 Å². The van der Waals surface area contributed by atoms with Gasteiger partial charge in [0.1, 0.15) is 10.9 Å². The first kappa shape index (κ1) is 32.4. The normalized spacial score (nSPS) is 15.6. The lowest BCUT2D eigenvalue weighted by Crippen LogP contribution is -2.51. The van der Waals surface area contributed by atoms with Gasteiger partial charge in [0.25, 0.3) is 0 Å². The van der Waals surface area contributed by atoms with Gasteiger partial charge in [-0.3, -0.25) is 14.2 Å². The van der Waals surface area contributed by atoms with Crippen LogP contribution in [0.25, 0.3) is 0 Å². The van der Waals surface area contributed by atoms with Gasteiger partial charge in [-0.2, -0.15) is 4.72 Å². The van der Waals surface area contributed by atoms with Crippen molar-refractivity contribution in [2.45, 2.75) is 56.0 Å². The molecular formula is C32H43FN6O3S. The van der Waals surface area contributed by atoms with E-state index in [4.69, 9.17) is 5.73 Å². The summed E-state index contributed by atoms with van der Waals surface area (Å²) in [4.78, 5) is 19.6. The van der Waals surface area contributed by atoms with Crippen molar-refractivity contribution in [1.29, 1.82) is 0 Å². The SMILES string of the molecule is CCNC[C@H](Cc1ccccc1)Nc1ccncc1S(=O)(=O)N[C@@H](Cc1ccc(N)cc1)C(=O)N1CCC(CCF)CC1. The molecule has 11 heteroatoms. The van der Waals surface area contributed by atoms with Crippen LogP contribution < -0.4 is 21.1 Å². The van der Waals surface area contributed by atoms with Gasteiger partial charge in [0.2, 0.25) is 15.9 Å². The molecule has 0 aliphatic carbocycles. The summed E-state index contributed by atoms with van der Waals surface area (Å²) in [5.41, 5.74) is 8.74. The first-order chi connectivity index (χ1) is 20.8. The summed E-state index contributed by atoms with van der Waals surface area (Å²) in [7, 11) is -4.18. The lowest BCUT2D eigenvalue weighted by atomic mass is 9.93. The number of halogens is 1. The summed E-state index contributed by atoms with van der Waals surface area (Å²) in [5.74, 6) is -0.0667. The molecule has 0 radical (unpaired) electrons. The monoisotopic (exact) mass is 610 g/mol. The number of sulfonamides is 1. The number of nitrogens with zero attached hydrogens (tertiary/aromatic N) is 2. The highest BCUT2D eigenvalue weighted by Crippen LogP contribution is 2.25. The molecule has 5 N–H and O–H groups in total. The van der Waals surface area contributed by atoms with Crippen LogP contribution in [0, 0.1) is 5.92 Å². The van der Waals surface area contributed by atoms with E-state index in [9.17, 15) is 17.6 Å². The quantitative estimate of drug-likeness (QED) is 0.193. The van der Waals surface area contributed by atoms with Crippen molar-refractivity contribution in [1.82, 2.24) is 19.9 Å². The Bertz CT molecular complexity index is 1400. The molecular weight excluding hydrogens is 567 g/mol. The Hall–Kier alpha value is -3.54. The zero-order valence-corrected chi connectivity index (χ0v) is 25.5. The predicted molar refractivity (Wildman–Crippen MR) is 169 cm³/mol. The number of hydrogen-bond acceptors (Lipinski definition) is 7. The van der Waals surface area contributed by atoms with E-state index < -0.39 is 16.1 Å². The Morgan fingerprint density at radius 3 is 2.42 bits per heavy atom. The number of likely N-dealkylation sites (tertiary alicyclic amines) is 1. The number of rotatable bonds is 15. The van der Waals surface area contributed by atoms with E-state index in [0.29, 0.717) is 56.7 Å². The number of anilines is 2. The second-order valence-corrected chi connectivity index (χ2v) is 12.8. The molecule has 1 saturated heterocycles. The van der Waals surface area contributed by atoms with E-state index >= 15 is 0 Å². The van der Waals surface area contributed by atoms with Crippen LogP contribution in [0.15, 0.2) is 78.0 Å². The smallest absolute Gasteiger partial charge is 0.244 e. The molecule has 2 atom stereocenters. The summed E-state index contributed by atoms with van der Waals surface area (Å²) in [5, 5.41) is 6.76. The zero-order chi connectivity index (χ0) is 30.7. The van der Waals surface area contributed by atoms with Gasteiger partial charge in [0.15, 0.2) is 0 Å². The zero-order valence-electron chi connectivity index (χ0n) is 24.7. The van der Waals surface area contributed by atoms with Crippen LogP contribution in [0.2, 0.25) is 0 Å². The maximum atomic E-state index is 13.9. The molecule has 1 aliphatic heterocycles. The van der Waals surface area contributed by atoms with Gasteiger partial charge in [0.05, 0.1) is 12.4 Å². The van der Waals surface area contributed by atoms with E-state index in [-0.39, 0.29) is 35.9 Å². The Morgan fingerprint density at radius 1 is 1.05 bits per heavy atom. The fraction of sp³-hybridized carbons (Fsp3) is 0.438. The van der Waals surface area contributed by atoms with Gasteiger partial charge >= 0.3 is 0 Å². The van der Waals surface area contributed by atoms with E-state index in [1.54, 1.807) is 41.4 Å². The van der Waals surface area contributed by atoms with Gasteiger partial charge in [0, 0.05) is 43.8 Å². The predicted octanol–water partition coefficient (Wildman–Crippen LogP) is 3.78. The fourth-order valence-corrected chi connectivity index (χ4v) is 6.76. The Morgan fingerprint density at radius 2 is 1.74 bits per heavy atom. The number of likely N-dealkylation sites (N-methyl/N-ethyl adjacent to an activating group) is 1. The number of nitrogens with two attached hydrogens (primary N) is 1. The van der Waals surface area contributed by atoms with Crippen molar-refractivity contribution >= 4 is 27.3 Å². The molecule has 4 rings (SSSR count). The average molecular weight is 611 g/mol. The van der Waals surface area contributed by atoms with Crippen molar-refractivity contribution < 1.29 is 17.6 Å². The number of nitrogen functional groups attached to an aromatic ring is 1. The molecule has 0 saturated carbocycles. The Balaban J connectivity index is 1.57. The molecule has 2 aromatic carbocycles. The molecule has 9 nitrogen and oxygen atoms in total. The van der Waals surface area contributed by atoms with E-state index in [0.717, 1.165) is 17.7 Å². The maximum absolute atomic E-state index is 13.9. The number of hydrogen-bond donors (Lipinski definition) is 4. The Labute approximate surface area is 254 Å². The average Bonchev–Trinajstić information content (AvgIpc) is 3.01. The molecule has 0 unspecified atom stereocenters. The lowest BCUT2D eigenvalue weighted by molar-refractivity contribution is -0.134. The molecule has 1 amide bonds. The van der Waals surface area contributed by atoms with Gasteiger partial charge in [-0.05, 0) is 73.9 Å². The van der Waals surface area contributed by atoms with Crippen LogP contribution in [0.1, 0.15) is 37.3 Å². The third kappa shape index (κ3) is 9.47. The molecule has 2 heterocycles. The minimum absolute atomic E-state index is 0.0266. The van der Waals surface area contributed by atoms with Gasteiger partial charge in [-0.25, -0.2) is 8.42 Å². The number of aromatic nitrogens is 1. The molecule has 1 fully saturated rings. The molecule has 43 heavy (non-hydrogen) atoms. The fourth-order valence-electron chi connectivity index (χ4n) is 5.46. The molecule has 0 spiro atoms. The first-order valence-electron chi connectivity index (χ1n) is 15.0. The van der Waals surface area contributed by atoms with Gasteiger partial charge < -0.3 is 21.3 Å². The van der Waals surface area contributed by atoms with Crippen LogP contribution in [0.5, 0.6) is 0 Å². The highest BCUT2D eigenvalue weighted by atomic mass is 32.2. The molecule has 1 aromatic heterocycles. The Kier molecular flexibility index (Phi) is 11.9. The largest absolute Gasteiger partial charge is 0.399 e. The second kappa shape index (κ2) is 15.8. The molecule has 1 aliphatic rings. The van der Waals surface area contributed by atoms with Gasteiger partial charge in [-0.1, -0.05) is 49.4 Å². The van der Waals surface area contributed by atoms with E-state index in [2.05, 4.69) is 20.3 Å². The highest BCUT2D eigenvalue weighted by molar-refractivity contribution is 7.89. The van der Waals surface area contributed by atoms with Crippen molar-refractivity contribution in [3.63, 3.8) is 0 Å². The topological polar surface area (TPSA) is 129 Å². The summed E-state index contributed by atoms with van der Waals surface area (Å²) in [6, 6.07) is 17.6. The third-order valence-corrected chi connectivity index (χ3v) is 9.36. The van der Waals surface area contributed by atoms with Crippen molar-refractivity contribution in [2.24, 2.45) is 5.92 Å². The standard InChI is InChI=1S/C32H43FN6O3S/c1-2-35-22-28(20-25-6-4-3-5-7-25)37-29-13-17-36-23-31(29)43(41,42)38-30(21-26-8-10-27(34)11-9-26)32(40)39-18-14-24(12-16-33)15-19-39/h3-11,13,17,23-24,28,30,35,38H,2,12,14-16,18-22,34H2,1H3,(H,36,37)/t28-,30-/m0/s1. The minimum atomic E-state index is -4.18. The summed E-state index contributed by atoms with van der Waals surface area (Å²) >= 11 is 0. The van der Waals surface area contributed by atoms with Crippen molar-refractivity contribution in [3.05, 3.63) is 84.2 Å². The van der Waals surface area contributed by atoms with Crippen LogP contribution in [0.4, 0.5) is 15.8 Å².